The quantitative estimate of drug-likeness (QED) is 0.764. The number of aromatic hydroxyl groups is 1. The smallest absolute Gasteiger partial charge is 0.168 e. The van der Waals surface area contributed by atoms with Gasteiger partial charge in [0.15, 0.2) is 11.6 Å². The van der Waals surface area contributed by atoms with Gasteiger partial charge in [-0.3, -0.25) is 0 Å². The van der Waals surface area contributed by atoms with Crippen molar-refractivity contribution in [2.45, 2.75) is 57.5 Å². The van der Waals surface area contributed by atoms with Crippen LogP contribution in [0.5, 0.6) is 5.75 Å². The van der Waals surface area contributed by atoms with Crippen molar-refractivity contribution in [3.8, 4) is 5.75 Å². The maximum Gasteiger partial charge on any atom is 0.168 e. The molecule has 3 aliphatic rings. The largest absolute Gasteiger partial charge is 0.505 e. The summed E-state index contributed by atoms with van der Waals surface area (Å²) in [6.07, 6.45) is 5.63. The molecule has 3 aliphatic carbocycles. The topological polar surface area (TPSA) is 40.5 Å². The Hall–Kier alpha value is -1.09. The van der Waals surface area contributed by atoms with Gasteiger partial charge in [-0.15, -0.1) is 0 Å². The summed E-state index contributed by atoms with van der Waals surface area (Å²) < 4.78 is 14.2. The summed E-state index contributed by atoms with van der Waals surface area (Å²) in [6.45, 7) is 2.25. The van der Waals surface area contributed by atoms with Crippen LogP contribution in [-0.4, -0.2) is 16.3 Å². The van der Waals surface area contributed by atoms with E-state index in [4.69, 9.17) is 0 Å². The normalized spacial score (nSPS) is 41.3. The second-order valence-corrected chi connectivity index (χ2v) is 7.52. The molecule has 2 saturated carbocycles. The minimum absolute atomic E-state index is 0.0636. The lowest BCUT2D eigenvalue weighted by atomic mass is 9.55. The van der Waals surface area contributed by atoms with E-state index in [0.717, 1.165) is 49.7 Å². The molecule has 0 radical (unpaired) electrons. The van der Waals surface area contributed by atoms with Crippen LogP contribution in [0.3, 0.4) is 0 Å². The fraction of sp³-hybridized carbons (Fsp3) is 0.667. The van der Waals surface area contributed by atoms with Crippen molar-refractivity contribution in [3.63, 3.8) is 0 Å². The van der Waals surface area contributed by atoms with Crippen LogP contribution < -0.4 is 0 Å². The number of fused-ring (bicyclic) bond motifs is 5. The molecule has 4 rings (SSSR count). The number of aliphatic hydroxyl groups is 1. The van der Waals surface area contributed by atoms with Gasteiger partial charge in [0.1, 0.15) is 0 Å². The molecule has 2 N–H and O–H groups in total. The summed E-state index contributed by atoms with van der Waals surface area (Å²) in [7, 11) is 0. The first kappa shape index (κ1) is 13.6. The predicted molar refractivity (Wildman–Crippen MR) is 78.7 cm³/mol. The number of hydrogen-bond donors (Lipinski definition) is 2. The molecule has 0 amide bonds. The first-order valence-electron chi connectivity index (χ1n) is 8.20. The maximum absolute atomic E-state index is 14.2. The summed E-state index contributed by atoms with van der Waals surface area (Å²) in [6, 6.07) is 3.44. The lowest BCUT2D eigenvalue weighted by Crippen LogP contribution is -2.44. The van der Waals surface area contributed by atoms with Crippen molar-refractivity contribution >= 4 is 0 Å². The van der Waals surface area contributed by atoms with Gasteiger partial charge in [-0.2, -0.15) is 0 Å². The van der Waals surface area contributed by atoms with E-state index in [2.05, 4.69) is 6.92 Å². The summed E-state index contributed by atoms with van der Waals surface area (Å²) in [5.41, 5.74) is 1.91. The van der Waals surface area contributed by atoms with E-state index >= 15 is 0 Å². The molecule has 0 bridgehead atoms. The minimum Gasteiger partial charge on any atom is -0.505 e. The van der Waals surface area contributed by atoms with Crippen molar-refractivity contribution < 1.29 is 14.6 Å². The van der Waals surface area contributed by atoms with Gasteiger partial charge in [0.25, 0.3) is 0 Å². The van der Waals surface area contributed by atoms with Gasteiger partial charge in [0, 0.05) is 0 Å². The lowest BCUT2D eigenvalue weighted by molar-refractivity contribution is -0.0227. The molecule has 2 fully saturated rings. The highest BCUT2D eigenvalue weighted by Gasteiger charge is 2.54. The number of benzene rings is 1. The predicted octanol–water partition coefficient (Wildman–Crippen LogP) is 3.75. The zero-order valence-corrected chi connectivity index (χ0v) is 12.5. The van der Waals surface area contributed by atoms with Gasteiger partial charge < -0.3 is 10.2 Å². The molecule has 5 atom stereocenters. The summed E-state index contributed by atoms with van der Waals surface area (Å²) in [5, 5.41) is 19.9. The molecule has 21 heavy (non-hydrogen) atoms. The molecule has 0 aliphatic heterocycles. The van der Waals surface area contributed by atoms with Crippen LogP contribution in [0.4, 0.5) is 4.39 Å². The highest BCUT2D eigenvalue weighted by molar-refractivity contribution is 5.41. The first-order valence-corrected chi connectivity index (χ1v) is 8.20. The van der Waals surface area contributed by atoms with E-state index in [0.29, 0.717) is 17.8 Å². The van der Waals surface area contributed by atoms with Gasteiger partial charge in [-0.05, 0) is 78.9 Å². The minimum atomic E-state index is -0.411. The van der Waals surface area contributed by atoms with E-state index in [1.54, 1.807) is 0 Å². The average molecular weight is 290 g/mol. The molecule has 0 spiro atoms. The van der Waals surface area contributed by atoms with Crippen molar-refractivity contribution in [1.82, 2.24) is 0 Å². The van der Waals surface area contributed by atoms with Crippen molar-refractivity contribution in [3.05, 3.63) is 29.1 Å². The fourth-order valence-corrected chi connectivity index (χ4v) is 5.58. The van der Waals surface area contributed by atoms with E-state index in [-0.39, 0.29) is 17.3 Å². The number of phenols is 1. The van der Waals surface area contributed by atoms with E-state index < -0.39 is 5.82 Å². The Morgan fingerprint density at radius 2 is 2.00 bits per heavy atom. The van der Waals surface area contributed by atoms with Gasteiger partial charge >= 0.3 is 0 Å². The molecule has 0 saturated heterocycles. The molecule has 0 heterocycles. The van der Waals surface area contributed by atoms with Crippen molar-refractivity contribution in [1.29, 1.82) is 0 Å². The van der Waals surface area contributed by atoms with Gasteiger partial charge in [-0.25, -0.2) is 4.39 Å². The SMILES string of the molecule is CC12CCC3c4ccc(O)c(F)c4CCC3C1CC[C@@H]2O. The molecular formula is C18H23FO2. The van der Waals surface area contributed by atoms with Crippen molar-refractivity contribution in [2.24, 2.45) is 17.3 Å². The summed E-state index contributed by atoms with van der Waals surface area (Å²) in [4.78, 5) is 0. The van der Waals surface area contributed by atoms with Crippen molar-refractivity contribution in [2.75, 3.05) is 0 Å². The Kier molecular flexibility index (Phi) is 2.88. The van der Waals surface area contributed by atoms with Crippen LogP contribution >= 0.6 is 0 Å². The van der Waals surface area contributed by atoms with Crippen LogP contribution in [0.2, 0.25) is 0 Å². The Morgan fingerprint density at radius 1 is 1.19 bits per heavy atom. The van der Waals surface area contributed by atoms with Crippen LogP contribution in [0.15, 0.2) is 12.1 Å². The molecule has 0 aromatic heterocycles. The third-order valence-corrected chi connectivity index (χ3v) is 6.77. The average Bonchev–Trinajstić information content (AvgIpc) is 2.78. The molecule has 4 unspecified atom stereocenters. The van der Waals surface area contributed by atoms with Crippen LogP contribution in [-0.2, 0) is 6.42 Å². The Bertz CT molecular complexity index is 585. The highest BCUT2D eigenvalue weighted by Crippen LogP contribution is 2.61. The third-order valence-electron chi connectivity index (χ3n) is 6.77. The Morgan fingerprint density at radius 3 is 2.81 bits per heavy atom. The number of halogens is 1. The van der Waals surface area contributed by atoms with Crippen LogP contribution in [0.1, 0.15) is 56.1 Å². The second kappa shape index (κ2) is 4.45. The monoisotopic (exact) mass is 290 g/mol. The van der Waals surface area contributed by atoms with Gasteiger partial charge in [0.05, 0.1) is 6.10 Å². The summed E-state index contributed by atoms with van der Waals surface area (Å²) in [5.74, 6) is 0.913. The zero-order valence-electron chi connectivity index (χ0n) is 12.5. The second-order valence-electron chi connectivity index (χ2n) is 7.52. The fourth-order valence-electron chi connectivity index (χ4n) is 5.58. The third kappa shape index (κ3) is 1.73. The number of aliphatic hydroxyl groups excluding tert-OH is 1. The molecule has 1 aromatic rings. The van der Waals surface area contributed by atoms with Gasteiger partial charge in [0.2, 0.25) is 0 Å². The first-order chi connectivity index (χ1) is 10.0. The molecule has 1 aromatic carbocycles. The lowest BCUT2D eigenvalue weighted by Gasteiger charge is -2.50. The summed E-state index contributed by atoms with van der Waals surface area (Å²) >= 11 is 0. The van der Waals surface area contributed by atoms with Crippen LogP contribution in [0, 0.1) is 23.1 Å². The zero-order chi connectivity index (χ0) is 14.8. The number of rotatable bonds is 0. The maximum atomic E-state index is 14.2. The molecular weight excluding hydrogens is 267 g/mol. The molecule has 3 heteroatoms. The molecule has 2 nitrogen and oxygen atoms in total. The van der Waals surface area contributed by atoms with E-state index in [9.17, 15) is 14.6 Å². The Balaban J connectivity index is 1.74. The highest BCUT2D eigenvalue weighted by atomic mass is 19.1. The van der Waals surface area contributed by atoms with Crippen LogP contribution in [0.25, 0.3) is 0 Å². The van der Waals surface area contributed by atoms with E-state index in [1.807, 2.05) is 6.07 Å². The standard InChI is InChI=1S/C18H23FO2/c1-18-9-8-11-10-4-6-15(20)17(19)13(10)3-2-12(11)14(18)5-7-16(18)21/h4,6,11-12,14,16,20-21H,2-3,5,7-9H2,1H3/t11?,12?,14?,16-,18?/m0/s1. The molecule has 114 valence electrons. The number of hydrogen-bond acceptors (Lipinski definition) is 2. The van der Waals surface area contributed by atoms with Gasteiger partial charge in [-0.1, -0.05) is 13.0 Å². The number of phenolic OH excluding ortho intramolecular Hbond substituents is 1. The van der Waals surface area contributed by atoms with E-state index in [1.165, 1.54) is 6.07 Å². The Labute approximate surface area is 125 Å².